The zero-order valence-electron chi connectivity index (χ0n) is 14.1. The summed E-state index contributed by atoms with van der Waals surface area (Å²) in [7, 11) is 0. The summed E-state index contributed by atoms with van der Waals surface area (Å²) in [5.74, 6) is 1.18. The van der Waals surface area contributed by atoms with E-state index in [4.69, 9.17) is 0 Å². The highest BCUT2D eigenvalue weighted by molar-refractivity contribution is 5.20. The molecule has 1 nitrogen and oxygen atoms in total. The standard InChI is InChI=1S/C20H32O/c1-6-15(2)8-10-17-16(3)9-11-18-19(4,14-21)12-7-13-20(17,18)5/h6,8,17-18,21H,1,3,7,9-14H2,2,4-5H3/b15-8-/t17-,18-,19+,20+/m0/s1. The topological polar surface area (TPSA) is 20.2 Å². The highest BCUT2D eigenvalue weighted by Gasteiger charge is 2.53. The summed E-state index contributed by atoms with van der Waals surface area (Å²) in [5, 5.41) is 9.96. The van der Waals surface area contributed by atoms with Crippen LogP contribution in [0.25, 0.3) is 0 Å². The van der Waals surface area contributed by atoms with Gasteiger partial charge in [-0.05, 0) is 61.7 Å². The molecule has 2 aliphatic carbocycles. The lowest BCUT2D eigenvalue weighted by Gasteiger charge is -2.58. The van der Waals surface area contributed by atoms with Crippen LogP contribution in [-0.2, 0) is 0 Å². The molecule has 0 aromatic rings. The molecule has 1 N–H and O–H groups in total. The molecule has 2 aliphatic rings. The minimum Gasteiger partial charge on any atom is -0.396 e. The molecular weight excluding hydrogens is 256 g/mol. The van der Waals surface area contributed by atoms with Gasteiger partial charge in [0.15, 0.2) is 0 Å². The molecule has 21 heavy (non-hydrogen) atoms. The second kappa shape index (κ2) is 6.12. The first-order chi connectivity index (χ1) is 9.87. The third-order valence-electron chi connectivity index (χ3n) is 6.50. The maximum Gasteiger partial charge on any atom is 0.0487 e. The van der Waals surface area contributed by atoms with Gasteiger partial charge in [-0.2, -0.15) is 0 Å². The van der Waals surface area contributed by atoms with E-state index in [2.05, 4.69) is 40.0 Å². The Morgan fingerprint density at radius 2 is 2.10 bits per heavy atom. The van der Waals surface area contributed by atoms with E-state index < -0.39 is 0 Å². The van der Waals surface area contributed by atoms with E-state index >= 15 is 0 Å². The van der Waals surface area contributed by atoms with Crippen LogP contribution < -0.4 is 0 Å². The number of aliphatic hydroxyl groups excluding tert-OH is 1. The van der Waals surface area contributed by atoms with Crippen molar-refractivity contribution in [3.05, 3.63) is 36.5 Å². The monoisotopic (exact) mass is 288 g/mol. The molecule has 2 rings (SSSR count). The van der Waals surface area contributed by atoms with E-state index in [0.29, 0.717) is 23.9 Å². The SMILES string of the molecule is C=C/C(C)=C\C[C@H]1C(=C)CC[C@H]2[C@@](C)(CO)CCC[C@]12C. The number of aliphatic hydroxyl groups is 1. The molecule has 0 spiro atoms. The lowest BCUT2D eigenvalue weighted by atomic mass is 9.47. The lowest BCUT2D eigenvalue weighted by molar-refractivity contribution is -0.0837. The van der Waals surface area contributed by atoms with Crippen molar-refractivity contribution in [2.24, 2.45) is 22.7 Å². The second-order valence-electron chi connectivity index (χ2n) is 7.86. The third kappa shape index (κ3) is 2.90. The van der Waals surface area contributed by atoms with Gasteiger partial charge in [0.25, 0.3) is 0 Å². The highest BCUT2D eigenvalue weighted by atomic mass is 16.3. The Hall–Kier alpha value is -0.820. The van der Waals surface area contributed by atoms with Crippen molar-refractivity contribution >= 4 is 0 Å². The number of rotatable bonds is 4. The molecule has 4 atom stereocenters. The van der Waals surface area contributed by atoms with Crippen molar-refractivity contribution in [2.45, 2.75) is 59.3 Å². The Kier molecular flexibility index (Phi) is 4.82. The van der Waals surface area contributed by atoms with Gasteiger partial charge in [-0.25, -0.2) is 0 Å². The summed E-state index contributed by atoms with van der Waals surface area (Å²) in [6.45, 7) is 15.4. The van der Waals surface area contributed by atoms with Gasteiger partial charge in [-0.1, -0.05) is 56.7 Å². The summed E-state index contributed by atoms with van der Waals surface area (Å²) in [6.07, 6.45) is 11.3. The number of hydrogen-bond acceptors (Lipinski definition) is 1. The molecule has 0 radical (unpaired) electrons. The van der Waals surface area contributed by atoms with Crippen molar-refractivity contribution in [1.29, 1.82) is 0 Å². The van der Waals surface area contributed by atoms with Crippen LogP contribution in [0.2, 0.25) is 0 Å². The van der Waals surface area contributed by atoms with Crippen LogP contribution in [0, 0.1) is 22.7 Å². The van der Waals surface area contributed by atoms with Gasteiger partial charge in [-0.15, -0.1) is 0 Å². The van der Waals surface area contributed by atoms with Crippen molar-refractivity contribution in [1.82, 2.24) is 0 Å². The summed E-state index contributed by atoms with van der Waals surface area (Å²) in [4.78, 5) is 0. The van der Waals surface area contributed by atoms with Gasteiger partial charge in [-0.3, -0.25) is 0 Å². The van der Waals surface area contributed by atoms with Crippen LogP contribution in [0.4, 0.5) is 0 Å². The van der Waals surface area contributed by atoms with Gasteiger partial charge in [0.1, 0.15) is 0 Å². The molecule has 0 saturated heterocycles. The van der Waals surface area contributed by atoms with E-state index in [1.165, 1.54) is 36.8 Å². The predicted octanol–water partition coefficient (Wildman–Crippen LogP) is 5.28. The average molecular weight is 288 g/mol. The van der Waals surface area contributed by atoms with Gasteiger partial charge >= 0.3 is 0 Å². The zero-order chi connectivity index (χ0) is 15.7. The van der Waals surface area contributed by atoms with E-state index in [0.717, 1.165) is 12.8 Å². The fourth-order valence-corrected chi connectivity index (χ4v) is 5.10. The number of hydrogen-bond donors (Lipinski definition) is 1. The predicted molar refractivity (Wildman–Crippen MR) is 91.1 cm³/mol. The minimum atomic E-state index is 0.100. The molecule has 2 fully saturated rings. The molecule has 0 amide bonds. The van der Waals surface area contributed by atoms with Gasteiger partial charge in [0.05, 0.1) is 0 Å². The minimum absolute atomic E-state index is 0.100. The maximum atomic E-state index is 9.96. The normalized spacial score (nSPS) is 40.8. The number of allylic oxidation sites excluding steroid dienone is 4. The second-order valence-corrected chi connectivity index (χ2v) is 7.86. The summed E-state index contributed by atoms with van der Waals surface area (Å²) < 4.78 is 0. The van der Waals surface area contributed by atoms with Crippen molar-refractivity contribution in [2.75, 3.05) is 6.61 Å². The first-order valence-corrected chi connectivity index (χ1v) is 8.45. The van der Waals surface area contributed by atoms with E-state index in [-0.39, 0.29) is 5.41 Å². The molecule has 0 heterocycles. The Bertz CT molecular complexity index is 447. The Balaban J connectivity index is 2.31. The summed E-state index contributed by atoms with van der Waals surface area (Å²) >= 11 is 0. The van der Waals surface area contributed by atoms with Crippen LogP contribution in [0.15, 0.2) is 36.5 Å². The van der Waals surface area contributed by atoms with Gasteiger partial charge in [0.2, 0.25) is 0 Å². The lowest BCUT2D eigenvalue weighted by Crippen LogP contribution is -2.51. The van der Waals surface area contributed by atoms with E-state index in [1.807, 2.05) is 6.08 Å². The maximum absolute atomic E-state index is 9.96. The zero-order valence-corrected chi connectivity index (χ0v) is 14.1. The quantitative estimate of drug-likeness (QED) is 0.551. The smallest absolute Gasteiger partial charge is 0.0487 e. The van der Waals surface area contributed by atoms with Crippen molar-refractivity contribution in [3.63, 3.8) is 0 Å². The first-order valence-electron chi connectivity index (χ1n) is 8.45. The highest BCUT2D eigenvalue weighted by Crippen LogP contribution is 2.61. The number of fused-ring (bicyclic) bond motifs is 1. The third-order valence-corrected chi connectivity index (χ3v) is 6.50. The van der Waals surface area contributed by atoms with Gasteiger partial charge < -0.3 is 5.11 Å². The summed E-state index contributed by atoms with van der Waals surface area (Å²) in [6, 6.07) is 0. The van der Waals surface area contributed by atoms with Crippen LogP contribution in [0.5, 0.6) is 0 Å². The van der Waals surface area contributed by atoms with Crippen molar-refractivity contribution in [3.8, 4) is 0 Å². The first kappa shape index (κ1) is 16.5. The Morgan fingerprint density at radius 1 is 1.38 bits per heavy atom. The molecule has 1 heteroatoms. The van der Waals surface area contributed by atoms with Crippen molar-refractivity contribution < 1.29 is 5.11 Å². The van der Waals surface area contributed by atoms with Crippen LogP contribution in [0.3, 0.4) is 0 Å². The molecule has 0 bridgehead atoms. The molecule has 0 unspecified atom stereocenters. The van der Waals surface area contributed by atoms with E-state index in [1.54, 1.807) is 0 Å². The fourth-order valence-electron chi connectivity index (χ4n) is 5.10. The van der Waals surface area contributed by atoms with E-state index in [9.17, 15) is 5.11 Å². The molecule has 2 saturated carbocycles. The largest absolute Gasteiger partial charge is 0.396 e. The fraction of sp³-hybridized carbons (Fsp3) is 0.700. The molecule has 118 valence electrons. The van der Waals surface area contributed by atoms with Crippen LogP contribution >= 0.6 is 0 Å². The average Bonchev–Trinajstić information content (AvgIpc) is 2.45. The molecule has 0 aromatic heterocycles. The van der Waals surface area contributed by atoms with Gasteiger partial charge in [0, 0.05) is 6.61 Å². The van der Waals surface area contributed by atoms with Crippen LogP contribution in [0.1, 0.15) is 59.3 Å². The Morgan fingerprint density at radius 3 is 2.71 bits per heavy atom. The van der Waals surface area contributed by atoms with Crippen LogP contribution in [-0.4, -0.2) is 11.7 Å². The Labute approximate surface area is 130 Å². The molecule has 0 aliphatic heterocycles. The molecular formula is C20H32O. The summed E-state index contributed by atoms with van der Waals surface area (Å²) in [5.41, 5.74) is 3.07. The molecule has 0 aromatic carbocycles.